The largest absolute Gasteiger partial charge is 0.455 e. The Morgan fingerprint density at radius 3 is 2.36 bits per heavy atom. The number of esters is 1. The minimum atomic E-state index is -0.563. The predicted molar refractivity (Wildman–Crippen MR) is 104 cm³/mol. The van der Waals surface area contributed by atoms with Crippen molar-refractivity contribution in [2.45, 2.75) is 64.2 Å². The number of urea groups is 1. The van der Waals surface area contributed by atoms with Crippen molar-refractivity contribution in [3.8, 4) is 0 Å². The Morgan fingerprint density at radius 2 is 1.71 bits per heavy atom. The molecule has 0 saturated heterocycles. The first kappa shape index (κ1) is 19.5. The third-order valence-electron chi connectivity index (χ3n) is 7.21. The molecule has 0 atom stereocenters. The highest BCUT2D eigenvalue weighted by Crippen LogP contribution is 2.56. The fraction of sp³-hybridized carbons (Fsp3) is 0.773. The summed E-state index contributed by atoms with van der Waals surface area (Å²) < 4.78 is 5.29. The number of hydrogen-bond donors (Lipinski definition) is 2. The Hall–Kier alpha value is -1.85. The molecule has 4 bridgehead atoms. The zero-order chi connectivity index (χ0) is 19.5. The lowest BCUT2D eigenvalue weighted by Gasteiger charge is -2.53. The molecule has 0 unspecified atom stereocenters. The van der Waals surface area contributed by atoms with E-state index in [0.29, 0.717) is 18.4 Å². The molecule has 6 heteroatoms. The van der Waals surface area contributed by atoms with Crippen LogP contribution in [0.4, 0.5) is 4.79 Å². The average Bonchev–Trinajstić information content (AvgIpc) is 2.66. The van der Waals surface area contributed by atoms with Crippen molar-refractivity contribution in [3.05, 3.63) is 11.6 Å². The number of rotatable bonds is 6. The maximum Gasteiger partial charge on any atom is 0.321 e. The Balaban J connectivity index is 1.15. The number of carbonyl (C=O) groups excluding carboxylic acids is 3. The molecule has 2 N–H and O–H groups in total. The topological polar surface area (TPSA) is 84.5 Å². The van der Waals surface area contributed by atoms with Crippen molar-refractivity contribution in [2.24, 2.45) is 29.6 Å². The van der Waals surface area contributed by atoms with Gasteiger partial charge >= 0.3 is 12.0 Å². The zero-order valence-corrected chi connectivity index (χ0v) is 16.6. The fourth-order valence-corrected chi connectivity index (χ4v) is 6.22. The van der Waals surface area contributed by atoms with E-state index in [9.17, 15) is 14.4 Å². The molecule has 0 aliphatic heterocycles. The first-order valence-electron chi connectivity index (χ1n) is 11.0. The molecule has 0 aromatic carbocycles. The van der Waals surface area contributed by atoms with Crippen molar-refractivity contribution in [3.63, 3.8) is 0 Å². The number of allylic oxidation sites excluding steroid dienone is 1. The number of ether oxygens (including phenoxy) is 1. The molecule has 5 aliphatic rings. The highest BCUT2D eigenvalue weighted by molar-refractivity contribution is 5.95. The van der Waals surface area contributed by atoms with E-state index in [1.807, 2.05) is 0 Å². The highest BCUT2D eigenvalue weighted by Gasteiger charge is 2.51. The molecule has 0 aromatic rings. The molecule has 0 heterocycles. The average molecular weight is 389 g/mol. The summed E-state index contributed by atoms with van der Waals surface area (Å²) in [5.41, 5.74) is 1.38. The minimum Gasteiger partial charge on any atom is -0.455 e. The van der Waals surface area contributed by atoms with Crippen LogP contribution < -0.4 is 10.6 Å². The quantitative estimate of drug-likeness (QED) is 0.540. The van der Waals surface area contributed by atoms with E-state index in [1.54, 1.807) is 0 Å². The minimum absolute atomic E-state index is 0.0433. The van der Waals surface area contributed by atoms with Crippen LogP contribution in [0.5, 0.6) is 0 Å². The third-order valence-corrected chi connectivity index (χ3v) is 7.21. The van der Waals surface area contributed by atoms with Gasteiger partial charge in [-0.3, -0.25) is 14.9 Å². The van der Waals surface area contributed by atoms with Crippen molar-refractivity contribution in [1.82, 2.24) is 10.6 Å². The first-order chi connectivity index (χ1) is 13.6. The predicted octanol–water partition coefficient (Wildman–Crippen LogP) is 3.32. The van der Waals surface area contributed by atoms with Crippen LogP contribution in [-0.2, 0) is 14.3 Å². The Morgan fingerprint density at radius 1 is 1.00 bits per heavy atom. The monoisotopic (exact) mass is 388 g/mol. The van der Waals surface area contributed by atoms with Gasteiger partial charge in [0.05, 0.1) is 5.92 Å². The first-order valence-corrected chi connectivity index (χ1v) is 11.0. The lowest BCUT2D eigenvalue weighted by Crippen LogP contribution is -2.49. The SMILES string of the molecule is O=C(COC(=O)C1C2CC3CC(C2)CC1C3)NC(=O)NCCC1=CCCCC1. The van der Waals surface area contributed by atoms with Crippen molar-refractivity contribution in [1.29, 1.82) is 0 Å². The molecule has 0 spiro atoms. The Kier molecular flexibility index (Phi) is 6.02. The van der Waals surface area contributed by atoms with Crippen LogP contribution in [-0.4, -0.2) is 31.1 Å². The van der Waals surface area contributed by atoms with Gasteiger partial charge in [-0.2, -0.15) is 0 Å². The van der Waals surface area contributed by atoms with Crippen LogP contribution in [0.15, 0.2) is 11.6 Å². The summed E-state index contributed by atoms with van der Waals surface area (Å²) in [6, 6.07) is -0.521. The van der Waals surface area contributed by atoms with E-state index in [1.165, 1.54) is 24.8 Å². The van der Waals surface area contributed by atoms with E-state index in [2.05, 4.69) is 16.7 Å². The van der Waals surface area contributed by atoms with E-state index in [4.69, 9.17) is 4.74 Å². The zero-order valence-electron chi connectivity index (χ0n) is 16.6. The molecule has 3 amide bonds. The number of amides is 3. The van der Waals surface area contributed by atoms with E-state index < -0.39 is 11.9 Å². The van der Waals surface area contributed by atoms with Gasteiger partial charge in [0.25, 0.3) is 5.91 Å². The molecule has 0 aromatic heterocycles. The molecule has 28 heavy (non-hydrogen) atoms. The van der Waals surface area contributed by atoms with Gasteiger partial charge in [0.15, 0.2) is 6.61 Å². The summed E-state index contributed by atoms with van der Waals surface area (Å²) in [5.74, 6) is 1.61. The van der Waals surface area contributed by atoms with Gasteiger partial charge in [-0.05, 0) is 87.9 Å². The van der Waals surface area contributed by atoms with Crippen LogP contribution in [0.1, 0.15) is 64.2 Å². The van der Waals surface area contributed by atoms with Crippen LogP contribution in [0.25, 0.3) is 0 Å². The smallest absolute Gasteiger partial charge is 0.321 e. The summed E-state index contributed by atoms with van der Waals surface area (Å²) in [7, 11) is 0. The molecule has 5 rings (SSSR count). The molecule has 5 aliphatic carbocycles. The van der Waals surface area contributed by atoms with Crippen LogP contribution in [0.2, 0.25) is 0 Å². The van der Waals surface area contributed by atoms with Gasteiger partial charge in [-0.1, -0.05) is 11.6 Å². The molecule has 0 radical (unpaired) electrons. The molecule has 6 nitrogen and oxygen atoms in total. The van der Waals surface area contributed by atoms with Gasteiger partial charge in [0.1, 0.15) is 0 Å². The van der Waals surface area contributed by atoms with Gasteiger partial charge in [0, 0.05) is 6.54 Å². The van der Waals surface area contributed by atoms with Crippen LogP contribution in [0.3, 0.4) is 0 Å². The van der Waals surface area contributed by atoms with Gasteiger partial charge in [-0.15, -0.1) is 0 Å². The lowest BCUT2D eigenvalue weighted by molar-refractivity contribution is -0.164. The maximum absolute atomic E-state index is 12.6. The van der Waals surface area contributed by atoms with Crippen molar-refractivity contribution in [2.75, 3.05) is 13.2 Å². The number of nitrogens with one attached hydrogen (secondary N) is 2. The summed E-state index contributed by atoms with van der Waals surface area (Å²) in [6.07, 6.45) is 13.6. The molecule has 4 saturated carbocycles. The third kappa shape index (κ3) is 4.58. The molecule has 4 fully saturated rings. The van der Waals surface area contributed by atoms with Crippen LogP contribution >= 0.6 is 0 Å². The van der Waals surface area contributed by atoms with E-state index >= 15 is 0 Å². The summed E-state index contributed by atoms with van der Waals surface area (Å²) >= 11 is 0. The summed E-state index contributed by atoms with van der Waals surface area (Å²) in [6.45, 7) is 0.138. The number of imide groups is 1. The van der Waals surface area contributed by atoms with Crippen molar-refractivity contribution < 1.29 is 19.1 Å². The van der Waals surface area contributed by atoms with E-state index in [-0.39, 0.29) is 18.5 Å². The molecular weight excluding hydrogens is 356 g/mol. The molecular formula is C22H32N2O4. The van der Waals surface area contributed by atoms with Gasteiger partial charge in [0.2, 0.25) is 0 Å². The second-order valence-corrected chi connectivity index (χ2v) is 9.23. The Bertz CT molecular complexity index is 629. The Labute approximate surface area is 166 Å². The number of hydrogen-bond acceptors (Lipinski definition) is 4. The van der Waals surface area contributed by atoms with Crippen LogP contribution in [0, 0.1) is 29.6 Å². The fourth-order valence-electron chi connectivity index (χ4n) is 6.22. The highest BCUT2D eigenvalue weighted by atomic mass is 16.5. The normalized spacial score (nSPS) is 33.1. The second-order valence-electron chi connectivity index (χ2n) is 9.23. The lowest BCUT2D eigenvalue weighted by atomic mass is 9.52. The van der Waals surface area contributed by atoms with Gasteiger partial charge < -0.3 is 10.1 Å². The maximum atomic E-state index is 12.6. The summed E-state index contributed by atoms with van der Waals surface area (Å²) in [4.78, 5) is 36.4. The summed E-state index contributed by atoms with van der Waals surface area (Å²) in [5, 5.41) is 4.96. The van der Waals surface area contributed by atoms with E-state index in [0.717, 1.165) is 56.8 Å². The molecule has 154 valence electrons. The second kappa shape index (κ2) is 8.66. The van der Waals surface area contributed by atoms with Crippen molar-refractivity contribution >= 4 is 17.9 Å². The van der Waals surface area contributed by atoms with Gasteiger partial charge in [-0.25, -0.2) is 4.79 Å². The standard InChI is InChI=1S/C22H32N2O4/c25-19(24-22(27)23-7-6-14-4-2-1-3-5-14)13-28-21(26)20-17-9-15-8-16(11-17)12-18(20)10-15/h4,15-18,20H,1-3,5-13H2,(H2,23,24,25,27). The number of carbonyl (C=O) groups is 3.